The van der Waals surface area contributed by atoms with Crippen molar-refractivity contribution in [3.63, 3.8) is 0 Å². The largest absolute Gasteiger partial charge is 0.334 e. The van der Waals surface area contributed by atoms with Crippen molar-refractivity contribution >= 4 is 17.2 Å². The summed E-state index contributed by atoms with van der Waals surface area (Å²) in [5.74, 6) is 0.155. The number of carbonyl (C=O) groups is 1. The van der Waals surface area contributed by atoms with Crippen LogP contribution in [-0.4, -0.2) is 32.3 Å². The first-order valence-corrected chi connectivity index (χ1v) is 8.89. The van der Waals surface area contributed by atoms with Crippen molar-refractivity contribution in [3.05, 3.63) is 33.3 Å². The predicted octanol–water partition coefficient (Wildman–Crippen LogP) is 2.36. The molecule has 0 spiro atoms. The van der Waals surface area contributed by atoms with Gasteiger partial charge in [-0.3, -0.25) is 4.79 Å². The number of carbonyl (C=O) groups excluding carboxylic acids is 1. The van der Waals surface area contributed by atoms with E-state index in [1.165, 1.54) is 29.0 Å². The van der Waals surface area contributed by atoms with Gasteiger partial charge in [-0.1, -0.05) is 5.21 Å². The van der Waals surface area contributed by atoms with Crippen molar-refractivity contribution in [1.82, 2.24) is 19.9 Å². The van der Waals surface area contributed by atoms with Crippen LogP contribution in [0.3, 0.4) is 0 Å². The summed E-state index contributed by atoms with van der Waals surface area (Å²) >= 11 is 1.80. The van der Waals surface area contributed by atoms with Gasteiger partial charge in [-0.05, 0) is 56.0 Å². The minimum absolute atomic E-state index is 0.155. The van der Waals surface area contributed by atoms with Crippen molar-refractivity contribution < 1.29 is 4.79 Å². The van der Waals surface area contributed by atoms with Crippen LogP contribution in [0.15, 0.2) is 11.4 Å². The molecular formula is C16H20N4OS. The van der Waals surface area contributed by atoms with E-state index in [-0.39, 0.29) is 11.9 Å². The molecule has 1 atom stereocenters. The van der Waals surface area contributed by atoms with Crippen LogP contribution in [-0.2, 0) is 30.6 Å². The third-order valence-electron chi connectivity index (χ3n) is 4.88. The van der Waals surface area contributed by atoms with Gasteiger partial charge in [0, 0.05) is 11.4 Å². The summed E-state index contributed by atoms with van der Waals surface area (Å²) in [5.41, 5.74) is 3.57. The van der Waals surface area contributed by atoms with Gasteiger partial charge in [-0.15, -0.1) is 16.4 Å². The Kier molecular flexibility index (Phi) is 3.48. The summed E-state index contributed by atoms with van der Waals surface area (Å²) in [6.45, 7) is 3.26. The maximum atomic E-state index is 12.7. The van der Waals surface area contributed by atoms with E-state index in [0.717, 1.165) is 31.5 Å². The highest BCUT2D eigenvalue weighted by Gasteiger charge is 2.29. The van der Waals surface area contributed by atoms with E-state index < -0.39 is 0 Å². The van der Waals surface area contributed by atoms with Gasteiger partial charge in [0.1, 0.15) is 6.54 Å². The van der Waals surface area contributed by atoms with Crippen molar-refractivity contribution in [2.24, 2.45) is 0 Å². The molecule has 0 radical (unpaired) electrons. The van der Waals surface area contributed by atoms with Gasteiger partial charge >= 0.3 is 0 Å². The molecule has 0 aromatic carbocycles. The summed E-state index contributed by atoms with van der Waals surface area (Å²) in [6, 6.07) is 2.32. The number of fused-ring (bicyclic) bond motifs is 2. The number of hydrogen-bond acceptors (Lipinski definition) is 4. The fourth-order valence-electron chi connectivity index (χ4n) is 3.62. The van der Waals surface area contributed by atoms with Gasteiger partial charge < -0.3 is 4.90 Å². The van der Waals surface area contributed by atoms with E-state index in [0.29, 0.717) is 6.54 Å². The molecule has 2 aromatic rings. The smallest absolute Gasteiger partial charge is 0.244 e. The zero-order chi connectivity index (χ0) is 15.1. The van der Waals surface area contributed by atoms with E-state index >= 15 is 0 Å². The molecular weight excluding hydrogens is 296 g/mol. The lowest BCUT2D eigenvalue weighted by Gasteiger charge is -2.33. The molecule has 1 unspecified atom stereocenters. The molecule has 1 aliphatic heterocycles. The van der Waals surface area contributed by atoms with Crippen LogP contribution in [0.1, 0.15) is 47.6 Å². The Morgan fingerprint density at radius 1 is 1.36 bits per heavy atom. The molecule has 0 saturated carbocycles. The number of thiophene rings is 1. The number of aromatic nitrogens is 3. The van der Waals surface area contributed by atoms with Crippen LogP contribution >= 0.6 is 11.3 Å². The Bertz CT molecular complexity index is 705. The second-order valence-corrected chi connectivity index (χ2v) is 7.16. The Balaban J connectivity index is 1.52. The lowest BCUT2D eigenvalue weighted by molar-refractivity contribution is -0.134. The summed E-state index contributed by atoms with van der Waals surface area (Å²) in [5, 5.41) is 10.6. The van der Waals surface area contributed by atoms with Crippen LogP contribution in [0.2, 0.25) is 0 Å². The molecule has 6 heteroatoms. The molecule has 2 aliphatic rings. The van der Waals surface area contributed by atoms with Crippen LogP contribution in [0.4, 0.5) is 0 Å². The topological polar surface area (TPSA) is 51.0 Å². The number of nitrogens with zero attached hydrogens (tertiary/aromatic N) is 4. The quantitative estimate of drug-likeness (QED) is 0.854. The predicted molar refractivity (Wildman–Crippen MR) is 84.8 cm³/mol. The van der Waals surface area contributed by atoms with Crippen molar-refractivity contribution in [1.29, 1.82) is 0 Å². The van der Waals surface area contributed by atoms with Gasteiger partial charge in [-0.2, -0.15) is 0 Å². The molecule has 2 aromatic heterocycles. The van der Waals surface area contributed by atoms with Crippen LogP contribution < -0.4 is 0 Å². The van der Waals surface area contributed by atoms with Gasteiger partial charge in [0.2, 0.25) is 5.91 Å². The zero-order valence-corrected chi connectivity index (χ0v) is 13.6. The second kappa shape index (κ2) is 5.50. The summed E-state index contributed by atoms with van der Waals surface area (Å²) < 4.78 is 1.83. The van der Waals surface area contributed by atoms with E-state index in [4.69, 9.17) is 0 Å². The van der Waals surface area contributed by atoms with Gasteiger partial charge in [0.05, 0.1) is 17.4 Å². The molecule has 0 saturated heterocycles. The molecule has 5 nitrogen and oxygen atoms in total. The highest BCUT2D eigenvalue weighted by Crippen LogP contribution is 2.33. The maximum Gasteiger partial charge on any atom is 0.244 e. The van der Waals surface area contributed by atoms with Crippen molar-refractivity contribution in [2.75, 3.05) is 6.54 Å². The molecule has 3 heterocycles. The second-order valence-electron chi connectivity index (χ2n) is 6.16. The van der Waals surface area contributed by atoms with Gasteiger partial charge in [0.25, 0.3) is 0 Å². The molecule has 0 bridgehead atoms. The molecule has 1 aliphatic carbocycles. The summed E-state index contributed by atoms with van der Waals surface area (Å²) in [6.07, 6.45) is 5.33. The zero-order valence-electron chi connectivity index (χ0n) is 12.8. The Hall–Kier alpha value is -1.69. The van der Waals surface area contributed by atoms with Crippen LogP contribution in [0.25, 0.3) is 0 Å². The third-order valence-corrected chi connectivity index (χ3v) is 5.87. The Morgan fingerprint density at radius 2 is 2.23 bits per heavy atom. The average molecular weight is 316 g/mol. The van der Waals surface area contributed by atoms with Gasteiger partial charge in [0.15, 0.2) is 0 Å². The number of amides is 1. The first-order chi connectivity index (χ1) is 10.7. The van der Waals surface area contributed by atoms with E-state index in [1.54, 1.807) is 11.3 Å². The monoisotopic (exact) mass is 316 g/mol. The Labute approximate surface area is 133 Å². The molecule has 116 valence electrons. The first kappa shape index (κ1) is 13.9. The molecule has 4 rings (SSSR count). The number of aryl methyl sites for hydroxylation is 1. The van der Waals surface area contributed by atoms with E-state index in [1.807, 2.05) is 9.58 Å². The molecule has 1 amide bonds. The molecule has 0 fully saturated rings. The van der Waals surface area contributed by atoms with Crippen LogP contribution in [0.5, 0.6) is 0 Å². The lowest BCUT2D eigenvalue weighted by Crippen LogP contribution is -2.40. The van der Waals surface area contributed by atoms with E-state index in [9.17, 15) is 4.79 Å². The minimum atomic E-state index is 0.155. The molecule has 0 N–H and O–H groups in total. The van der Waals surface area contributed by atoms with E-state index in [2.05, 4.69) is 28.7 Å². The third kappa shape index (κ3) is 2.26. The highest BCUT2D eigenvalue weighted by molar-refractivity contribution is 7.10. The lowest BCUT2D eigenvalue weighted by atomic mass is 10.0. The standard InChI is InChI=1S/C16H20N4OS/c1-11-12-7-9-22-15(12)6-8-19(11)16(21)10-20-14-5-3-2-4-13(14)17-18-20/h7,9,11H,2-6,8,10H2,1H3. The highest BCUT2D eigenvalue weighted by atomic mass is 32.1. The van der Waals surface area contributed by atoms with Crippen LogP contribution in [0, 0.1) is 0 Å². The fourth-order valence-corrected chi connectivity index (χ4v) is 4.58. The van der Waals surface area contributed by atoms with Crippen molar-refractivity contribution in [3.8, 4) is 0 Å². The average Bonchev–Trinajstić information content (AvgIpc) is 3.15. The normalized spacial score (nSPS) is 20.6. The number of rotatable bonds is 2. The summed E-state index contributed by atoms with van der Waals surface area (Å²) in [4.78, 5) is 16.2. The maximum absolute atomic E-state index is 12.7. The minimum Gasteiger partial charge on any atom is -0.334 e. The Morgan fingerprint density at radius 3 is 3.14 bits per heavy atom. The number of hydrogen-bond donors (Lipinski definition) is 0. The SMILES string of the molecule is CC1c2ccsc2CCN1C(=O)Cn1nnc2c1CCCC2. The molecule has 22 heavy (non-hydrogen) atoms. The first-order valence-electron chi connectivity index (χ1n) is 8.01. The van der Waals surface area contributed by atoms with Crippen molar-refractivity contribution in [2.45, 2.75) is 51.6 Å². The fraction of sp³-hybridized carbons (Fsp3) is 0.562. The van der Waals surface area contributed by atoms with Gasteiger partial charge in [-0.25, -0.2) is 4.68 Å². The summed E-state index contributed by atoms with van der Waals surface area (Å²) in [7, 11) is 0.